The molecule has 0 bridgehead atoms. The lowest BCUT2D eigenvalue weighted by Gasteiger charge is -2.08. The number of nitrogen functional groups attached to an aromatic ring is 1. The van der Waals surface area contributed by atoms with Crippen LogP contribution in [0.25, 0.3) is 0 Å². The Labute approximate surface area is 103 Å². The average Bonchev–Trinajstić information content (AvgIpc) is 2.25. The Hall–Kier alpha value is -1.45. The third kappa shape index (κ3) is 2.38. The number of hydrogen-bond acceptors (Lipinski definition) is 3. The summed E-state index contributed by atoms with van der Waals surface area (Å²) >= 11 is 11.7. The molecule has 1 aromatic carbocycles. The third-order valence-electron chi connectivity index (χ3n) is 1.90. The molecule has 0 radical (unpaired) electrons. The van der Waals surface area contributed by atoms with E-state index < -0.39 is 0 Å². The van der Waals surface area contributed by atoms with E-state index in [1.165, 1.54) is 0 Å². The number of nitrogens with two attached hydrogens (primary N) is 1. The monoisotopic (exact) mass is 254 g/mol. The molecule has 0 saturated carbocycles. The van der Waals surface area contributed by atoms with E-state index in [0.29, 0.717) is 27.4 Å². The van der Waals surface area contributed by atoms with Crippen LogP contribution in [0, 0.1) is 0 Å². The van der Waals surface area contributed by atoms with E-state index in [-0.39, 0.29) is 0 Å². The highest BCUT2D eigenvalue weighted by atomic mass is 35.5. The number of aromatic nitrogens is 1. The molecule has 1 heterocycles. The van der Waals surface area contributed by atoms with E-state index in [1.807, 2.05) is 0 Å². The quantitative estimate of drug-likeness (QED) is 0.888. The molecule has 0 saturated heterocycles. The largest absolute Gasteiger partial charge is 0.436 e. The van der Waals surface area contributed by atoms with Crippen molar-refractivity contribution < 1.29 is 4.74 Å². The fourth-order valence-corrected chi connectivity index (χ4v) is 1.60. The Morgan fingerprint density at radius 3 is 2.69 bits per heavy atom. The summed E-state index contributed by atoms with van der Waals surface area (Å²) in [6.45, 7) is 0. The highest BCUT2D eigenvalue weighted by molar-refractivity contribution is 6.35. The number of hydrogen-bond donors (Lipinski definition) is 1. The molecule has 0 aliphatic rings. The van der Waals surface area contributed by atoms with Crippen molar-refractivity contribution in [3.63, 3.8) is 0 Å². The van der Waals surface area contributed by atoms with Crippen LogP contribution in [-0.4, -0.2) is 4.98 Å². The molecule has 1 aromatic heterocycles. The number of pyridine rings is 1. The molecule has 2 rings (SSSR count). The van der Waals surface area contributed by atoms with E-state index in [2.05, 4.69) is 4.98 Å². The van der Waals surface area contributed by atoms with Crippen molar-refractivity contribution in [1.82, 2.24) is 4.98 Å². The molecular formula is C11H8Cl2N2O. The van der Waals surface area contributed by atoms with Gasteiger partial charge in [-0.2, -0.15) is 0 Å². The molecule has 0 amide bonds. The highest BCUT2D eigenvalue weighted by Crippen LogP contribution is 2.32. The molecule has 82 valence electrons. The summed E-state index contributed by atoms with van der Waals surface area (Å²) in [5.41, 5.74) is 6.14. The Morgan fingerprint density at radius 2 is 2.00 bits per heavy atom. The summed E-state index contributed by atoms with van der Waals surface area (Å²) in [6, 6.07) is 8.37. The van der Waals surface area contributed by atoms with Gasteiger partial charge in [0.15, 0.2) is 0 Å². The molecule has 2 aromatic rings. The number of benzene rings is 1. The van der Waals surface area contributed by atoms with Crippen molar-refractivity contribution in [2.75, 3.05) is 5.73 Å². The zero-order chi connectivity index (χ0) is 11.5. The van der Waals surface area contributed by atoms with Crippen LogP contribution >= 0.6 is 23.2 Å². The first-order valence-corrected chi connectivity index (χ1v) is 5.26. The van der Waals surface area contributed by atoms with Crippen LogP contribution in [0.5, 0.6) is 11.6 Å². The standard InChI is InChI=1S/C11H8Cl2N2O/c12-7-3-4-10(8(13)6-7)16-11-9(14)2-1-5-15-11/h1-6H,14H2. The maximum Gasteiger partial charge on any atom is 0.242 e. The lowest BCUT2D eigenvalue weighted by Crippen LogP contribution is -1.94. The fourth-order valence-electron chi connectivity index (χ4n) is 1.15. The Bertz CT molecular complexity index is 517. The number of nitrogens with zero attached hydrogens (tertiary/aromatic N) is 1. The molecule has 0 spiro atoms. The minimum absolute atomic E-state index is 0.326. The highest BCUT2D eigenvalue weighted by Gasteiger charge is 2.06. The normalized spacial score (nSPS) is 10.1. The summed E-state index contributed by atoms with van der Waals surface area (Å²) in [4.78, 5) is 4.00. The summed E-state index contributed by atoms with van der Waals surface area (Å²) in [5.74, 6) is 0.795. The van der Waals surface area contributed by atoms with Crippen molar-refractivity contribution in [1.29, 1.82) is 0 Å². The van der Waals surface area contributed by atoms with Gasteiger partial charge in [0, 0.05) is 11.2 Å². The van der Waals surface area contributed by atoms with Crippen LogP contribution in [0.4, 0.5) is 5.69 Å². The van der Waals surface area contributed by atoms with Crippen molar-refractivity contribution in [2.24, 2.45) is 0 Å². The maximum atomic E-state index is 5.95. The van der Waals surface area contributed by atoms with E-state index >= 15 is 0 Å². The van der Waals surface area contributed by atoms with Crippen LogP contribution in [0.15, 0.2) is 36.5 Å². The topological polar surface area (TPSA) is 48.1 Å². The average molecular weight is 255 g/mol. The molecule has 2 N–H and O–H groups in total. The van der Waals surface area contributed by atoms with Crippen molar-refractivity contribution in [3.05, 3.63) is 46.6 Å². The van der Waals surface area contributed by atoms with Crippen LogP contribution in [-0.2, 0) is 0 Å². The second kappa shape index (κ2) is 4.60. The Morgan fingerprint density at radius 1 is 1.19 bits per heavy atom. The summed E-state index contributed by atoms with van der Waals surface area (Å²) in [7, 11) is 0. The van der Waals surface area contributed by atoms with Crippen LogP contribution in [0.1, 0.15) is 0 Å². The molecule has 5 heteroatoms. The van der Waals surface area contributed by atoms with E-state index in [9.17, 15) is 0 Å². The third-order valence-corrected chi connectivity index (χ3v) is 2.43. The zero-order valence-electron chi connectivity index (χ0n) is 8.15. The van der Waals surface area contributed by atoms with Gasteiger partial charge >= 0.3 is 0 Å². The van der Waals surface area contributed by atoms with Gasteiger partial charge in [0.1, 0.15) is 5.75 Å². The van der Waals surface area contributed by atoms with Gasteiger partial charge in [-0.1, -0.05) is 23.2 Å². The number of anilines is 1. The summed E-state index contributed by atoms with van der Waals surface area (Å²) in [5, 5.41) is 0.962. The molecule has 0 unspecified atom stereocenters. The predicted molar refractivity (Wildman–Crippen MR) is 65.2 cm³/mol. The molecule has 0 aliphatic heterocycles. The van der Waals surface area contributed by atoms with Crippen LogP contribution in [0.2, 0.25) is 10.0 Å². The van der Waals surface area contributed by atoms with Gasteiger partial charge in [0.05, 0.1) is 10.7 Å². The van der Waals surface area contributed by atoms with Gasteiger partial charge in [0.2, 0.25) is 5.88 Å². The van der Waals surface area contributed by atoms with Gasteiger partial charge in [-0.15, -0.1) is 0 Å². The van der Waals surface area contributed by atoms with Crippen molar-refractivity contribution in [2.45, 2.75) is 0 Å². The van der Waals surface area contributed by atoms with Crippen molar-refractivity contribution >= 4 is 28.9 Å². The predicted octanol–water partition coefficient (Wildman–Crippen LogP) is 3.76. The van der Waals surface area contributed by atoms with Gasteiger partial charge < -0.3 is 10.5 Å². The molecule has 0 aliphatic carbocycles. The molecule has 16 heavy (non-hydrogen) atoms. The van der Waals surface area contributed by atoms with E-state index in [0.717, 1.165) is 0 Å². The van der Waals surface area contributed by atoms with Gasteiger partial charge in [-0.25, -0.2) is 4.98 Å². The number of rotatable bonds is 2. The second-order valence-electron chi connectivity index (χ2n) is 3.07. The summed E-state index contributed by atoms with van der Waals surface area (Å²) < 4.78 is 5.47. The smallest absolute Gasteiger partial charge is 0.242 e. The Kier molecular flexibility index (Phi) is 3.17. The molecular weight excluding hydrogens is 247 g/mol. The minimum Gasteiger partial charge on any atom is -0.436 e. The second-order valence-corrected chi connectivity index (χ2v) is 3.92. The SMILES string of the molecule is Nc1cccnc1Oc1ccc(Cl)cc1Cl. The van der Waals surface area contributed by atoms with E-state index in [4.69, 9.17) is 33.7 Å². The number of halogens is 2. The van der Waals surface area contributed by atoms with Gasteiger partial charge in [0.25, 0.3) is 0 Å². The lowest BCUT2D eigenvalue weighted by molar-refractivity contribution is 0.466. The fraction of sp³-hybridized carbons (Fsp3) is 0. The minimum atomic E-state index is 0.326. The van der Waals surface area contributed by atoms with E-state index in [1.54, 1.807) is 36.5 Å². The Balaban J connectivity index is 2.31. The van der Waals surface area contributed by atoms with Crippen LogP contribution in [0.3, 0.4) is 0 Å². The summed E-state index contributed by atoms with van der Waals surface area (Å²) in [6.07, 6.45) is 1.59. The first kappa shape index (κ1) is 11.0. The molecule has 3 nitrogen and oxygen atoms in total. The molecule has 0 fully saturated rings. The zero-order valence-corrected chi connectivity index (χ0v) is 9.66. The first-order valence-electron chi connectivity index (χ1n) is 4.50. The lowest BCUT2D eigenvalue weighted by atomic mass is 10.3. The maximum absolute atomic E-state index is 5.95. The van der Waals surface area contributed by atoms with Gasteiger partial charge in [-0.05, 0) is 30.3 Å². The van der Waals surface area contributed by atoms with Crippen molar-refractivity contribution in [3.8, 4) is 11.6 Å². The van der Waals surface area contributed by atoms with Crippen LogP contribution < -0.4 is 10.5 Å². The first-order chi connectivity index (χ1) is 7.66. The number of ether oxygens (including phenoxy) is 1. The van der Waals surface area contributed by atoms with Gasteiger partial charge in [-0.3, -0.25) is 0 Å². The molecule has 0 atom stereocenters.